The molecule has 0 N–H and O–H groups in total. The summed E-state index contributed by atoms with van der Waals surface area (Å²) in [6.45, 7) is 0. The third-order valence-corrected chi connectivity index (χ3v) is 6.38. The smallest absolute Gasteiger partial charge is 0.466 e. The van der Waals surface area contributed by atoms with Crippen molar-refractivity contribution in [2.75, 3.05) is 0 Å². The molecular formula is C34H19N3OPtY-2. The van der Waals surface area contributed by atoms with Gasteiger partial charge in [-0.05, 0) is 29.4 Å². The third-order valence-electron chi connectivity index (χ3n) is 6.38. The van der Waals surface area contributed by atoms with Gasteiger partial charge >= 0.3 is 21.1 Å². The fourth-order valence-corrected chi connectivity index (χ4v) is 4.65. The standard InChI is InChI=1S/C34H19N3O.Pt.Y/c1-3-10-24(11-4-1)26-20-21-35-33(22-26)37-31-16-8-7-14-28(31)29-19-18-27(23-32(29)37)38-34-17-9-15-30(36-34)25-12-5-2-6-13-25;;/h1-10,12,14-21H;;/q-4;+2;. The molecule has 0 atom stereocenters. The Morgan fingerprint density at radius 3 is 2.23 bits per heavy atom. The molecule has 0 bridgehead atoms. The Labute approximate surface area is 272 Å². The zero-order valence-corrected chi connectivity index (χ0v) is 26.2. The molecule has 7 rings (SSSR count). The minimum Gasteiger partial charge on any atom is -0.466 e. The molecule has 3 heterocycles. The molecule has 0 amide bonds. The average Bonchev–Trinajstić information content (AvgIpc) is 3.32. The van der Waals surface area contributed by atoms with Gasteiger partial charge in [-0.3, -0.25) is 21.1 Å². The Hall–Kier alpha value is -3.43. The van der Waals surface area contributed by atoms with E-state index >= 15 is 0 Å². The van der Waals surface area contributed by atoms with Crippen molar-refractivity contribution in [1.29, 1.82) is 0 Å². The number of pyridine rings is 2. The van der Waals surface area contributed by atoms with E-state index in [1.165, 1.54) is 0 Å². The maximum absolute atomic E-state index is 6.20. The van der Waals surface area contributed by atoms with Gasteiger partial charge in [0.15, 0.2) is 0 Å². The molecule has 40 heavy (non-hydrogen) atoms. The fourth-order valence-electron chi connectivity index (χ4n) is 4.65. The number of rotatable bonds is 5. The monoisotopic (exact) mass is 769 g/mol. The van der Waals surface area contributed by atoms with Crippen LogP contribution in [0.3, 0.4) is 0 Å². The molecule has 0 aliphatic rings. The Balaban J connectivity index is 0.00000161. The maximum Gasteiger partial charge on any atom is 2.00 e. The van der Waals surface area contributed by atoms with Crippen LogP contribution < -0.4 is 4.74 Å². The second-order valence-corrected chi connectivity index (χ2v) is 8.76. The molecule has 3 aromatic heterocycles. The summed E-state index contributed by atoms with van der Waals surface area (Å²) < 4.78 is 8.28. The van der Waals surface area contributed by atoms with Crippen LogP contribution in [0.2, 0.25) is 0 Å². The first-order valence-corrected chi connectivity index (χ1v) is 12.3. The van der Waals surface area contributed by atoms with Gasteiger partial charge in [-0.25, -0.2) is 12.1 Å². The van der Waals surface area contributed by atoms with Crippen molar-refractivity contribution in [2.45, 2.75) is 0 Å². The SMILES string of the molecule is [Pt+2].[Y].[c-]1ccccc1-c1[c-]c(-n2c3[c-]c(Oc4cccc(-c5[c-]cccc5)n4)ccc3c3ccccc32)ncc1. The van der Waals surface area contributed by atoms with E-state index in [2.05, 4.69) is 57.0 Å². The van der Waals surface area contributed by atoms with Gasteiger partial charge in [0.05, 0.1) is 5.82 Å². The number of para-hydroxylation sites is 1. The minimum atomic E-state index is 0. The van der Waals surface area contributed by atoms with Crippen molar-refractivity contribution in [3.8, 4) is 39.8 Å². The first-order chi connectivity index (χ1) is 18.8. The van der Waals surface area contributed by atoms with Crippen LogP contribution in [0.1, 0.15) is 0 Å². The third kappa shape index (κ3) is 5.45. The summed E-state index contributed by atoms with van der Waals surface area (Å²) >= 11 is 0. The van der Waals surface area contributed by atoms with Gasteiger partial charge in [0.25, 0.3) is 0 Å². The predicted molar refractivity (Wildman–Crippen MR) is 149 cm³/mol. The van der Waals surface area contributed by atoms with E-state index in [1.807, 2.05) is 91.0 Å². The van der Waals surface area contributed by atoms with E-state index in [9.17, 15) is 0 Å². The Morgan fingerprint density at radius 1 is 0.650 bits per heavy atom. The molecule has 0 unspecified atom stereocenters. The number of benzene rings is 4. The van der Waals surface area contributed by atoms with E-state index in [0.29, 0.717) is 17.4 Å². The summed E-state index contributed by atoms with van der Waals surface area (Å²) in [7, 11) is 0. The fraction of sp³-hybridized carbons (Fsp3) is 0. The molecule has 7 aromatic rings. The van der Waals surface area contributed by atoms with Gasteiger partial charge in [-0.2, -0.15) is 30.3 Å². The average molecular weight is 770 g/mol. The molecular weight excluding hydrogens is 750 g/mol. The van der Waals surface area contributed by atoms with Crippen molar-refractivity contribution in [3.63, 3.8) is 0 Å². The predicted octanol–water partition coefficient (Wildman–Crippen LogP) is 7.90. The minimum absolute atomic E-state index is 0. The van der Waals surface area contributed by atoms with Crippen molar-refractivity contribution in [2.24, 2.45) is 0 Å². The number of hydrogen-bond donors (Lipinski definition) is 0. The maximum atomic E-state index is 6.20. The van der Waals surface area contributed by atoms with Crippen LogP contribution in [-0.2, 0) is 53.8 Å². The Bertz CT molecular complexity index is 1910. The van der Waals surface area contributed by atoms with E-state index in [-0.39, 0.29) is 53.8 Å². The molecule has 0 fully saturated rings. The second-order valence-electron chi connectivity index (χ2n) is 8.76. The van der Waals surface area contributed by atoms with Crippen LogP contribution in [-0.4, -0.2) is 14.5 Å². The van der Waals surface area contributed by atoms with E-state index in [4.69, 9.17) is 4.74 Å². The van der Waals surface area contributed by atoms with Crippen LogP contribution in [0.15, 0.2) is 115 Å². The molecule has 6 heteroatoms. The van der Waals surface area contributed by atoms with E-state index in [0.717, 1.165) is 44.2 Å². The van der Waals surface area contributed by atoms with Crippen molar-refractivity contribution >= 4 is 21.8 Å². The number of hydrogen-bond acceptors (Lipinski definition) is 3. The van der Waals surface area contributed by atoms with Crippen molar-refractivity contribution in [1.82, 2.24) is 14.5 Å². The molecule has 4 nitrogen and oxygen atoms in total. The zero-order chi connectivity index (χ0) is 25.3. The summed E-state index contributed by atoms with van der Waals surface area (Å²) in [5.41, 5.74) is 5.48. The molecule has 4 aromatic carbocycles. The van der Waals surface area contributed by atoms with Gasteiger partial charge in [-0.15, -0.1) is 59.5 Å². The first kappa shape index (κ1) is 28.1. The molecule has 0 aliphatic carbocycles. The summed E-state index contributed by atoms with van der Waals surface area (Å²) in [4.78, 5) is 9.37. The van der Waals surface area contributed by atoms with E-state index in [1.54, 1.807) is 6.20 Å². The van der Waals surface area contributed by atoms with Gasteiger partial charge < -0.3 is 9.30 Å². The number of fused-ring (bicyclic) bond motifs is 3. The zero-order valence-electron chi connectivity index (χ0n) is 21.1. The molecule has 0 saturated carbocycles. The van der Waals surface area contributed by atoms with Gasteiger partial charge in [-0.1, -0.05) is 35.8 Å². The quantitative estimate of drug-likeness (QED) is 0.167. The molecule has 0 aliphatic heterocycles. The number of nitrogens with zero attached hydrogens (tertiary/aromatic N) is 3. The number of aromatic nitrogens is 3. The molecule has 0 spiro atoms. The molecule has 0 saturated heterocycles. The van der Waals surface area contributed by atoms with Gasteiger partial charge in [0, 0.05) is 44.0 Å². The van der Waals surface area contributed by atoms with Crippen LogP contribution in [0, 0.1) is 24.3 Å². The first-order valence-electron chi connectivity index (χ1n) is 12.3. The topological polar surface area (TPSA) is 39.9 Å². The van der Waals surface area contributed by atoms with E-state index < -0.39 is 0 Å². The Morgan fingerprint density at radius 2 is 1.43 bits per heavy atom. The summed E-state index contributed by atoms with van der Waals surface area (Å²) in [5, 5.41) is 2.16. The summed E-state index contributed by atoms with van der Waals surface area (Å²) in [6, 6.07) is 49.0. The molecule has 1 radical (unpaired) electrons. The van der Waals surface area contributed by atoms with Crippen LogP contribution >= 0.6 is 0 Å². The largest absolute Gasteiger partial charge is 2.00 e. The number of ether oxygens (including phenoxy) is 1. The normalized spacial score (nSPS) is 10.6. The van der Waals surface area contributed by atoms with Crippen molar-refractivity contribution < 1.29 is 58.5 Å². The molecule has 191 valence electrons. The van der Waals surface area contributed by atoms with Crippen molar-refractivity contribution in [3.05, 3.63) is 140 Å². The Kier molecular flexibility index (Phi) is 8.71. The van der Waals surface area contributed by atoms with Crippen LogP contribution in [0.4, 0.5) is 0 Å². The second kappa shape index (κ2) is 12.4. The summed E-state index contributed by atoms with van der Waals surface area (Å²) in [5.74, 6) is 1.74. The summed E-state index contributed by atoms with van der Waals surface area (Å²) in [6.07, 6.45) is 1.80. The van der Waals surface area contributed by atoms with Gasteiger partial charge in [0.2, 0.25) is 5.88 Å². The van der Waals surface area contributed by atoms with Gasteiger partial charge in [0.1, 0.15) is 0 Å². The van der Waals surface area contributed by atoms with Crippen LogP contribution in [0.25, 0.3) is 50.0 Å². The van der Waals surface area contributed by atoms with Crippen LogP contribution in [0.5, 0.6) is 11.6 Å².